The van der Waals surface area contributed by atoms with Crippen LogP contribution in [-0.4, -0.2) is 48.5 Å². The number of amides is 1. The second kappa shape index (κ2) is 6.79. The van der Waals surface area contributed by atoms with Crippen LogP contribution in [0.2, 0.25) is 0 Å². The molecule has 0 radical (unpaired) electrons. The molecule has 0 unspecified atom stereocenters. The Kier molecular flexibility index (Phi) is 4.58. The lowest BCUT2D eigenvalue weighted by Gasteiger charge is -2.10. The van der Waals surface area contributed by atoms with Crippen molar-refractivity contribution in [2.45, 2.75) is 20.0 Å². The largest absolute Gasteiger partial charge is 0.448 e. The minimum atomic E-state index is -0.307. The van der Waals surface area contributed by atoms with Crippen molar-refractivity contribution in [1.29, 1.82) is 0 Å². The van der Waals surface area contributed by atoms with E-state index >= 15 is 0 Å². The van der Waals surface area contributed by atoms with Crippen molar-refractivity contribution in [2.75, 3.05) is 13.2 Å². The highest BCUT2D eigenvalue weighted by molar-refractivity contribution is 14.1. The highest BCUT2D eigenvalue weighted by Crippen LogP contribution is 2.32. The van der Waals surface area contributed by atoms with Crippen molar-refractivity contribution in [3.63, 3.8) is 0 Å². The van der Waals surface area contributed by atoms with E-state index < -0.39 is 0 Å². The summed E-state index contributed by atoms with van der Waals surface area (Å²) in [5.74, 6) is 1.43. The van der Waals surface area contributed by atoms with E-state index in [1.807, 2.05) is 17.9 Å². The van der Waals surface area contributed by atoms with Gasteiger partial charge in [-0.15, -0.1) is 12.4 Å². The van der Waals surface area contributed by atoms with Crippen molar-refractivity contribution >= 4 is 41.1 Å². The average Bonchev–Trinajstić information content (AvgIpc) is 3.28. The summed E-state index contributed by atoms with van der Waals surface area (Å²) in [6.45, 7) is 3.94. The third-order valence-electron chi connectivity index (χ3n) is 4.73. The predicted molar refractivity (Wildman–Crippen MR) is 108 cm³/mol. The minimum Gasteiger partial charge on any atom is -0.448 e. The topological polar surface area (TPSA) is 78.1 Å². The number of nitrogens with zero attached hydrogens (tertiary/aromatic N) is 6. The summed E-state index contributed by atoms with van der Waals surface area (Å²) in [6.07, 6.45) is 1.54. The molecule has 0 atom stereocenters. The fraction of sp³-hybridized carbons (Fsp3) is 0.294. The number of hydrogen-bond acceptors (Lipinski definition) is 5. The van der Waals surface area contributed by atoms with E-state index in [1.165, 1.54) is 0 Å². The number of rotatable bonds is 2. The molecule has 5 rings (SSSR count). The van der Waals surface area contributed by atoms with Gasteiger partial charge in [0.1, 0.15) is 6.61 Å². The van der Waals surface area contributed by atoms with Gasteiger partial charge in [-0.05, 0) is 47.7 Å². The van der Waals surface area contributed by atoms with E-state index in [4.69, 9.17) is 9.72 Å². The van der Waals surface area contributed by atoms with Crippen molar-refractivity contribution in [3.05, 3.63) is 45.3 Å². The summed E-state index contributed by atoms with van der Waals surface area (Å²) in [6, 6.07) is 6.27. The molecule has 1 saturated heterocycles. The van der Waals surface area contributed by atoms with Crippen LogP contribution >= 0.6 is 35.0 Å². The van der Waals surface area contributed by atoms with Crippen LogP contribution in [0.15, 0.2) is 24.5 Å². The lowest BCUT2D eigenvalue weighted by atomic mass is 10.1. The first-order valence-corrected chi connectivity index (χ1v) is 9.36. The Morgan fingerprint density at radius 3 is 2.96 bits per heavy atom. The fourth-order valence-electron chi connectivity index (χ4n) is 3.41. The standard InChI is InChI=1S/C17H15IN6O2.ClH/c1-10-14-7-24-16(20-15(21-24)8-22-4-5-26-17(22)25)12-6-11(18)2-3-13(12)23(14)9-19-10;/h2-3,6,9H,4-5,7-8H2,1H3;1H. The molecule has 2 aliphatic heterocycles. The number of halogens is 2. The molecule has 0 N–H and O–H groups in total. The van der Waals surface area contributed by atoms with Gasteiger partial charge in [0, 0.05) is 9.13 Å². The Morgan fingerprint density at radius 1 is 1.33 bits per heavy atom. The number of imidazole rings is 1. The molecule has 1 aromatic carbocycles. The van der Waals surface area contributed by atoms with Crippen LogP contribution in [0.4, 0.5) is 4.79 Å². The molecule has 0 aliphatic carbocycles. The van der Waals surface area contributed by atoms with Gasteiger partial charge in [-0.25, -0.2) is 19.4 Å². The Hall–Kier alpha value is -2.14. The number of fused-ring (bicyclic) bond motifs is 5. The number of aromatic nitrogens is 5. The summed E-state index contributed by atoms with van der Waals surface area (Å²) in [5.41, 5.74) is 4.11. The Balaban J connectivity index is 0.00000180. The van der Waals surface area contributed by atoms with Crippen LogP contribution in [0, 0.1) is 10.5 Å². The number of carbonyl (C=O) groups is 1. The third-order valence-corrected chi connectivity index (χ3v) is 5.40. The minimum absolute atomic E-state index is 0. The molecule has 2 aromatic heterocycles. The van der Waals surface area contributed by atoms with Crippen molar-refractivity contribution in [2.24, 2.45) is 0 Å². The van der Waals surface area contributed by atoms with E-state index in [-0.39, 0.29) is 18.5 Å². The quantitative estimate of drug-likeness (QED) is 0.397. The highest BCUT2D eigenvalue weighted by atomic mass is 127. The van der Waals surface area contributed by atoms with E-state index in [0.29, 0.717) is 32.1 Å². The molecular formula is C17H16ClIN6O2. The average molecular weight is 499 g/mol. The van der Waals surface area contributed by atoms with Crippen LogP contribution in [-0.2, 0) is 17.8 Å². The summed E-state index contributed by atoms with van der Waals surface area (Å²) < 4.78 is 10.1. The normalized spacial score (nSPS) is 14.7. The van der Waals surface area contributed by atoms with Gasteiger partial charge in [0.25, 0.3) is 0 Å². The second-order valence-corrected chi connectivity index (χ2v) is 7.60. The van der Waals surface area contributed by atoms with Crippen molar-refractivity contribution < 1.29 is 9.53 Å². The maximum absolute atomic E-state index is 11.7. The maximum atomic E-state index is 11.7. The van der Waals surface area contributed by atoms with Gasteiger partial charge in [-0.3, -0.25) is 4.90 Å². The van der Waals surface area contributed by atoms with Gasteiger partial charge < -0.3 is 9.30 Å². The second-order valence-electron chi connectivity index (χ2n) is 6.35. The van der Waals surface area contributed by atoms with Crippen molar-refractivity contribution in [1.82, 2.24) is 29.2 Å². The monoisotopic (exact) mass is 498 g/mol. The molecule has 0 spiro atoms. The molecule has 1 fully saturated rings. The zero-order valence-electron chi connectivity index (χ0n) is 14.4. The molecule has 140 valence electrons. The number of benzene rings is 1. The zero-order valence-corrected chi connectivity index (χ0v) is 17.4. The smallest absolute Gasteiger partial charge is 0.410 e. The summed E-state index contributed by atoms with van der Waals surface area (Å²) >= 11 is 2.30. The maximum Gasteiger partial charge on any atom is 0.410 e. The van der Waals surface area contributed by atoms with Crippen molar-refractivity contribution in [3.8, 4) is 17.1 Å². The number of cyclic esters (lactones) is 1. The van der Waals surface area contributed by atoms with Gasteiger partial charge in [-0.1, -0.05) is 0 Å². The number of ether oxygens (including phenoxy) is 1. The summed E-state index contributed by atoms with van der Waals surface area (Å²) in [5, 5.41) is 4.67. The van der Waals surface area contributed by atoms with Gasteiger partial charge in [0.05, 0.1) is 43.0 Å². The van der Waals surface area contributed by atoms with Crippen LogP contribution in [0.25, 0.3) is 17.1 Å². The molecule has 2 aliphatic rings. The first kappa shape index (κ1) is 18.2. The Labute approximate surface area is 175 Å². The predicted octanol–water partition coefficient (Wildman–Crippen LogP) is 2.78. The van der Waals surface area contributed by atoms with Crippen LogP contribution in [0.3, 0.4) is 0 Å². The molecule has 0 bridgehead atoms. The highest BCUT2D eigenvalue weighted by Gasteiger charge is 2.27. The lowest BCUT2D eigenvalue weighted by molar-refractivity contribution is 0.156. The molecule has 3 aromatic rings. The Morgan fingerprint density at radius 2 is 2.19 bits per heavy atom. The van der Waals surface area contributed by atoms with Crippen LogP contribution in [0.1, 0.15) is 17.2 Å². The zero-order chi connectivity index (χ0) is 17.8. The lowest BCUT2D eigenvalue weighted by Crippen LogP contribution is -2.24. The fourth-order valence-corrected chi connectivity index (χ4v) is 3.90. The first-order chi connectivity index (χ1) is 12.6. The van der Waals surface area contributed by atoms with Crippen LogP contribution < -0.4 is 0 Å². The SMILES string of the molecule is Cc1ncn2c1Cn1nc(CN3CCOC3=O)nc1-c1cc(I)ccc1-2.Cl. The van der Waals surface area contributed by atoms with E-state index in [2.05, 4.69) is 55.4 Å². The van der Waals surface area contributed by atoms with E-state index in [0.717, 1.165) is 32.0 Å². The first-order valence-electron chi connectivity index (χ1n) is 8.28. The summed E-state index contributed by atoms with van der Waals surface area (Å²) in [4.78, 5) is 22.6. The molecule has 1 amide bonds. The number of carbonyl (C=O) groups excluding carboxylic acids is 1. The molecular weight excluding hydrogens is 483 g/mol. The molecule has 10 heteroatoms. The van der Waals surface area contributed by atoms with E-state index in [1.54, 1.807) is 4.90 Å². The van der Waals surface area contributed by atoms with Crippen LogP contribution in [0.5, 0.6) is 0 Å². The van der Waals surface area contributed by atoms with Gasteiger partial charge >= 0.3 is 6.09 Å². The summed E-state index contributed by atoms with van der Waals surface area (Å²) in [7, 11) is 0. The van der Waals surface area contributed by atoms with E-state index in [9.17, 15) is 4.79 Å². The van der Waals surface area contributed by atoms with Gasteiger partial charge in [0.2, 0.25) is 0 Å². The number of hydrogen-bond donors (Lipinski definition) is 0. The number of aryl methyl sites for hydroxylation is 1. The molecule has 0 saturated carbocycles. The third kappa shape index (κ3) is 2.98. The Bertz CT molecular complexity index is 1050. The van der Waals surface area contributed by atoms with Gasteiger partial charge in [-0.2, -0.15) is 5.10 Å². The molecule has 4 heterocycles. The molecule has 8 nitrogen and oxygen atoms in total. The van der Waals surface area contributed by atoms with Gasteiger partial charge in [0.15, 0.2) is 11.6 Å². The molecule has 27 heavy (non-hydrogen) atoms.